The van der Waals surface area contributed by atoms with Crippen LogP contribution in [-0.2, 0) is 22.6 Å². The number of hydrogen-bond acceptors (Lipinski definition) is 9. The summed E-state index contributed by atoms with van der Waals surface area (Å²) in [4.78, 5) is 52.8. The summed E-state index contributed by atoms with van der Waals surface area (Å²) in [5.74, 6) is -6.60. The van der Waals surface area contributed by atoms with Crippen molar-refractivity contribution in [2.45, 2.75) is 25.8 Å². The number of nitrogens with two attached hydrogens (primary N) is 1. The summed E-state index contributed by atoms with van der Waals surface area (Å²) in [6, 6.07) is 6.45. The van der Waals surface area contributed by atoms with E-state index in [-0.39, 0.29) is 48.3 Å². The topological polar surface area (TPSA) is 179 Å². The molecule has 41 heavy (non-hydrogen) atoms. The number of ketones is 2. The fourth-order valence-corrected chi connectivity index (χ4v) is 6.09. The molecule has 3 atom stereocenters. The van der Waals surface area contributed by atoms with E-state index in [1.807, 2.05) is 0 Å². The third kappa shape index (κ3) is 4.75. The number of Topliss-reactive ketones (excluding diaryl/α,β-unsaturated/α-hetero) is 2. The number of anilines is 1. The number of hydrogen-bond donors (Lipinski definition) is 5. The number of fused-ring (bicyclic) bond motifs is 3. The smallest absolute Gasteiger partial charge is 0.412 e. The van der Waals surface area contributed by atoms with Crippen molar-refractivity contribution in [2.24, 2.45) is 23.5 Å². The highest BCUT2D eigenvalue weighted by Crippen LogP contribution is 2.51. The van der Waals surface area contributed by atoms with Crippen molar-refractivity contribution >= 4 is 29.3 Å². The molecule has 0 aromatic heterocycles. The third-order valence-corrected chi connectivity index (χ3v) is 7.87. The number of rotatable bonds is 5. The van der Waals surface area contributed by atoms with Crippen molar-refractivity contribution in [1.82, 2.24) is 5.32 Å². The number of carbonyl (C=O) groups excluding carboxylic acids is 4. The van der Waals surface area contributed by atoms with Gasteiger partial charge in [0.15, 0.2) is 11.6 Å². The van der Waals surface area contributed by atoms with E-state index in [0.29, 0.717) is 11.3 Å². The molecule has 11 nitrogen and oxygen atoms in total. The number of aromatic hydroxyl groups is 1. The Morgan fingerprint density at radius 2 is 1.80 bits per heavy atom. The molecule has 214 valence electrons. The Labute approximate surface area is 233 Å². The van der Waals surface area contributed by atoms with Crippen LogP contribution in [0.4, 0.5) is 14.9 Å². The fourth-order valence-electron chi connectivity index (χ4n) is 6.09. The third-order valence-electron chi connectivity index (χ3n) is 7.87. The molecule has 2 amide bonds. The van der Waals surface area contributed by atoms with Crippen LogP contribution in [0.25, 0.3) is 0 Å². The second kappa shape index (κ2) is 10.3. The van der Waals surface area contributed by atoms with E-state index in [0.717, 1.165) is 12.1 Å². The van der Waals surface area contributed by atoms with Crippen LogP contribution in [0.3, 0.4) is 0 Å². The Balaban J connectivity index is 1.49. The number of aliphatic hydroxyl groups excluding tert-OH is 2. The van der Waals surface area contributed by atoms with Gasteiger partial charge in [-0.25, -0.2) is 9.18 Å². The molecular formula is C29H28FN3O8. The lowest BCUT2D eigenvalue weighted by Gasteiger charge is -2.41. The standard InChI is InChI=1S/C29H28FN3O8/c1-33(2)18-9-14(11-32-29(40)41-16-5-3-15(30)4-6-16)24(35)22-17(18)8-12-7-13-10-19(34)23(28(31)39)27(38)21(13)25(36)20(12)26(22)37/h3-6,9,12-13,21,34-36H,7-8,10-11H2,1-2H3,(H2,31,39)(H,32,40)/t12-,13?,21?/m1/s1. The second-order valence-corrected chi connectivity index (χ2v) is 10.6. The molecule has 12 heteroatoms. The van der Waals surface area contributed by atoms with Gasteiger partial charge in [-0.1, -0.05) is 0 Å². The maximum atomic E-state index is 13.9. The number of nitrogens with one attached hydrogen (secondary N) is 1. The molecule has 0 aliphatic heterocycles. The SMILES string of the molecule is CN(C)c1cc(CNC(=O)Oc2ccc(F)cc2)c(O)c2c1C[C@H]1CC3CC(O)=C(C(N)=O)C(=O)C3C(O)=C1C2=O. The van der Waals surface area contributed by atoms with Gasteiger partial charge in [-0.05, 0) is 60.6 Å². The van der Waals surface area contributed by atoms with Crippen LogP contribution < -0.4 is 20.7 Å². The molecule has 0 saturated carbocycles. The number of nitrogens with zero attached hydrogens (tertiary/aromatic N) is 1. The normalized spacial score (nSPS) is 21.6. The molecular weight excluding hydrogens is 537 g/mol. The van der Waals surface area contributed by atoms with Gasteiger partial charge >= 0.3 is 6.09 Å². The van der Waals surface area contributed by atoms with E-state index in [1.165, 1.54) is 12.1 Å². The first-order valence-corrected chi connectivity index (χ1v) is 12.9. The lowest BCUT2D eigenvalue weighted by Crippen LogP contribution is -2.43. The molecule has 2 aromatic rings. The van der Waals surface area contributed by atoms with Crippen molar-refractivity contribution in [1.29, 1.82) is 0 Å². The first kappa shape index (κ1) is 27.7. The van der Waals surface area contributed by atoms with Gasteiger partial charge in [-0.3, -0.25) is 14.4 Å². The Morgan fingerprint density at radius 3 is 2.44 bits per heavy atom. The molecule has 0 fully saturated rings. The minimum Gasteiger partial charge on any atom is -0.511 e. The van der Waals surface area contributed by atoms with Crippen molar-refractivity contribution in [3.63, 3.8) is 0 Å². The average molecular weight is 566 g/mol. The van der Waals surface area contributed by atoms with Gasteiger partial charge < -0.3 is 36.0 Å². The summed E-state index contributed by atoms with van der Waals surface area (Å²) >= 11 is 0. The number of phenolic OH excluding ortho intramolecular Hbond substituents is 1. The molecule has 6 N–H and O–H groups in total. The van der Waals surface area contributed by atoms with Crippen LogP contribution in [0.5, 0.6) is 11.5 Å². The molecule has 2 aromatic carbocycles. The Hall–Kier alpha value is -4.87. The van der Waals surface area contributed by atoms with Gasteiger partial charge in [0.2, 0.25) is 0 Å². The number of benzene rings is 2. The van der Waals surface area contributed by atoms with Gasteiger partial charge in [0.1, 0.15) is 34.4 Å². The maximum absolute atomic E-state index is 13.9. The largest absolute Gasteiger partial charge is 0.511 e. The zero-order chi connectivity index (χ0) is 29.7. The minimum atomic E-state index is -1.22. The Morgan fingerprint density at radius 1 is 1.12 bits per heavy atom. The number of amides is 2. The number of carbonyl (C=O) groups is 4. The van der Waals surface area contributed by atoms with Crippen LogP contribution in [0.1, 0.15) is 34.3 Å². The van der Waals surface area contributed by atoms with E-state index in [2.05, 4.69) is 5.32 Å². The van der Waals surface area contributed by atoms with E-state index in [9.17, 15) is 38.9 Å². The summed E-state index contributed by atoms with van der Waals surface area (Å²) < 4.78 is 18.2. The second-order valence-electron chi connectivity index (χ2n) is 10.6. The maximum Gasteiger partial charge on any atom is 0.412 e. The van der Waals surface area contributed by atoms with Crippen molar-refractivity contribution in [3.05, 3.63) is 75.5 Å². The van der Waals surface area contributed by atoms with E-state index < -0.39 is 70.0 Å². The van der Waals surface area contributed by atoms with Crippen LogP contribution in [0.15, 0.2) is 53.0 Å². The highest BCUT2D eigenvalue weighted by atomic mass is 19.1. The molecule has 0 heterocycles. The molecule has 0 spiro atoms. The van der Waals surface area contributed by atoms with Gasteiger partial charge in [-0.2, -0.15) is 0 Å². The van der Waals surface area contributed by atoms with Crippen molar-refractivity contribution in [2.75, 3.05) is 19.0 Å². The van der Waals surface area contributed by atoms with E-state index in [1.54, 1.807) is 25.1 Å². The molecule has 2 unspecified atom stereocenters. The van der Waals surface area contributed by atoms with Gasteiger partial charge in [0, 0.05) is 43.9 Å². The lowest BCUT2D eigenvalue weighted by molar-refractivity contribution is -0.126. The number of ether oxygens (including phenoxy) is 1. The molecule has 0 radical (unpaired) electrons. The van der Waals surface area contributed by atoms with E-state index >= 15 is 0 Å². The summed E-state index contributed by atoms with van der Waals surface area (Å²) in [6.45, 7) is -0.225. The average Bonchev–Trinajstić information content (AvgIpc) is 2.88. The Kier molecular flexibility index (Phi) is 6.93. The first-order chi connectivity index (χ1) is 19.4. The molecule has 3 aliphatic rings. The minimum absolute atomic E-state index is 0.0295. The van der Waals surface area contributed by atoms with Crippen LogP contribution in [0, 0.1) is 23.6 Å². The number of aliphatic hydroxyl groups is 2. The van der Waals surface area contributed by atoms with E-state index in [4.69, 9.17) is 10.5 Å². The van der Waals surface area contributed by atoms with Crippen LogP contribution in [0.2, 0.25) is 0 Å². The van der Waals surface area contributed by atoms with Gasteiger partial charge in [0.05, 0.1) is 11.5 Å². The summed E-state index contributed by atoms with van der Waals surface area (Å²) in [5.41, 5.74) is 5.95. The first-order valence-electron chi connectivity index (χ1n) is 12.9. The molecule has 0 saturated heterocycles. The summed E-state index contributed by atoms with van der Waals surface area (Å²) in [5, 5.41) is 35.2. The van der Waals surface area contributed by atoms with Crippen molar-refractivity contribution in [3.8, 4) is 11.5 Å². The highest BCUT2D eigenvalue weighted by Gasteiger charge is 2.50. The number of primary amides is 1. The predicted molar refractivity (Wildman–Crippen MR) is 143 cm³/mol. The number of halogens is 1. The highest BCUT2D eigenvalue weighted by molar-refractivity contribution is 6.22. The zero-order valence-electron chi connectivity index (χ0n) is 22.2. The number of phenols is 1. The quantitative estimate of drug-likeness (QED) is 0.341. The van der Waals surface area contributed by atoms with Crippen molar-refractivity contribution < 1.29 is 43.6 Å². The zero-order valence-corrected chi connectivity index (χ0v) is 22.2. The molecule has 3 aliphatic carbocycles. The van der Waals surface area contributed by atoms with Gasteiger partial charge in [0.25, 0.3) is 5.91 Å². The summed E-state index contributed by atoms with van der Waals surface area (Å²) in [7, 11) is 3.51. The predicted octanol–water partition coefficient (Wildman–Crippen LogP) is 2.96. The number of allylic oxidation sites excluding steroid dienone is 3. The molecule has 5 rings (SSSR count). The fraction of sp³-hybridized carbons (Fsp3) is 0.310. The van der Waals surface area contributed by atoms with Gasteiger partial charge in [-0.15, -0.1) is 0 Å². The summed E-state index contributed by atoms with van der Waals surface area (Å²) in [6.07, 6.45) is -0.383. The molecule has 0 bridgehead atoms. The van der Waals surface area contributed by atoms with Crippen LogP contribution in [-0.4, -0.2) is 53.0 Å². The monoisotopic (exact) mass is 565 g/mol. The Bertz CT molecular complexity index is 1560. The van der Waals surface area contributed by atoms with Crippen LogP contribution >= 0.6 is 0 Å². The lowest BCUT2D eigenvalue weighted by atomic mass is 9.62.